The van der Waals surface area contributed by atoms with Crippen LogP contribution in [0.15, 0.2) is 42.5 Å². The molecule has 0 spiro atoms. The Labute approximate surface area is 137 Å². The third-order valence-corrected chi connectivity index (χ3v) is 3.79. The van der Waals surface area contributed by atoms with Crippen LogP contribution in [0.3, 0.4) is 0 Å². The Morgan fingerprint density at radius 3 is 2.67 bits per heavy atom. The van der Waals surface area contributed by atoms with Crippen molar-refractivity contribution in [2.24, 2.45) is 0 Å². The lowest BCUT2D eigenvalue weighted by Gasteiger charge is -2.19. The molecule has 3 aromatic rings. The van der Waals surface area contributed by atoms with Gasteiger partial charge < -0.3 is 9.47 Å². The van der Waals surface area contributed by atoms with Gasteiger partial charge in [0, 0.05) is 10.5 Å². The van der Waals surface area contributed by atoms with Crippen LogP contribution in [0.2, 0.25) is 0 Å². The zero-order valence-corrected chi connectivity index (χ0v) is 13.2. The molecule has 2 aromatic carbocycles. The number of aromatic nitrogens is 3. The van der Waals surface area contributed by atoms with Crippen LogP contribution < -0.4 is 9.47 Å². The number of hydrogen-bond donors (Lipinski definition) is 0. The quantitative estimate of drug-likeness (QED) is 0.509. The van der Waals surface area contributed by atoms with E-state index >= 15 is 0 Å². The zero-order chi connectivity index (χ0) is 17.1. The van der Waals surface area contributed by atoms with Crippen molar-refractivity contribution in [3.63, 3.8) is 0 Å². The Morgan fingerprint density at radius 2 is 1.96 bits per heavy atom. The fourth-order valence-electron chi connectivity index (χ4n) is 2.74. The van der Waals surface area contributed by atoms with Crippen LogP contribution >= 0.6 is 0 Å². The van der Waals surface area contributed by atoms with E-state index in [0.717, 1.165) is 0 Å². The smallest absolute Gasteiger partial charge is 0.230 e. The van der Waals surface area contributed by atoms with E-state index in [1.807, 2.05) is 24.3 Å². The summed E-state index contributed by atoms with van der Waals surface area (Å²) >= 11 is 0. The Balaban J connectivity index is 2.20. The van der Waals surface area contributed by atoms with Crippen molar-refractivity contribution in [3.05, 3.63) is 58.1 Å². The molecule has 1 heterocycles. The van der Waals surface area contributed by atoms with E-state index in [1.165, 1.54) is 14.2 Å². The molecule has 0 aliphatic rings. The number of benzene rings is 2. The van der Waals surface area contributed by atoms with Gasteiger partial charge in [0.15, 0.2) is 11.5 Å². The highest BCUT2D eigenvalue weighted by Gasteiger charge is 2.27. The number of methoxy groups -OCH3 is 2. The van der Waals surface area contributed by atoms with Crippen LogP contribution in [-0.4, -0.2) is 40.7 Å². The number of nitro groups is 1. The minimum Gasteiger partial charge on any atom is -0.493 e. The average molecular weight is 328 g/mol. The molecule has 0 saturated heterocycles. The molecule has 0 aliphatic carbocycles. The van der Waals surface area contributed by atoms with Crippen LogP contribution in [0.25, 0.3) is 11.0 Å². The number of hydrogen-bond acceptors (Lipinski definition) is 6. The lowest BCUT2D eigenvalue weighted by molar-refractivity contribution is -0.484. The largest absolute Gasteiger partial charge is 0.493 e. The Kier molecular flexibility index (Phi) is 4.28. The Hall–Kier alpha value is -3.16. The highest BCUT2D eigenvalue weighted by atomic mass is 16.6. The van der Waals surface area contributed by atoms with Crippen LogP contribution in [-0.2, 0) is 0 Å². The number of para-hydroxylation sites is 2. The van der Waals surface area contributed by atoms with E-state index in [-0.39, 0.29) is 11.5 Å². The summed E-state index contributed by atoms with van der Waals surface area (Å²) in [5.41, 5.74) is 2.01. The minimum absolute atomic E-state index is 0.350. The molecule has 1 atom stereocenters. The van der Waals surface area contributed by atoms with Crippen molar-refractivity contribution in [3.8, 4) is 11.5 Å². The third kappa shape index (κ3) is 2.73. The van der Waals surface area contributed by atoms with Gasteiger partial charge in [0.1, 0.15) is 11.6 Å². The molecular formula is C16H16N4O4. The van der Waals surface area contributed by atoms with Gasteiger partial charge in [-0.05, 0) is 18.2 Å². The standard InChI is InChI=1S/C16H16N4O4/c1-23-15-9-5-6-11(16(15)24-2)14(10-19(21)22)20-13-8-4-3-7-12(13)17-18-20/h3-9,14H,10H2,1-2H3/t14-/m0/s1. The lowest BCUT2D eigenvalue weighted by atomic mass is 10.0. The maximum absolute atomic E-state index is 11.2. The summed E-state index contributed by atoms with van der Waals surface area (Å²) < 4.78 is 12.3. The van der Waals surface area contributed by atoms with Crippen molar-refractivity contribution in [2.75, 3.05) is 20.8 Å². The summed E-state index contributed by atoms with van der Waals surface area (Å²) in [5.74, 6) is 0.958. The Morgan fingerprint density at radius 1 is 1.17 bits per heavy atom. The highest BCUT2D eigenvalue weighted by molar-refractivity contribution is 5.74. The molecule has 124 valence electrons. The molecular weight excluding hydrogens is 312 g/mol. The second-order valence-electron chi connectivity index (χ2n) is 5.14. The maximum Gasteiger partial charge on any atom is 0.230 e. The van der Waals surface area contributed by atoms with Crippen molar-refractivity contribution in [1.82, 2.24) is 15.0 Å². The second kappa shape index (κ2) is 6.53. The average Bonchev–Trinajstić information content (AvgIpc) is 3.02. The Bertz CT molecular complexity index is 877. The highest BCUT2D eigenvalue weighted by Crippen LogP contribution is 2.36. The molecule has 0 amide bonds. The van der Waals surface area contributed by atoms with Crippen LogP contribution in [0.5, 0.6) is 11.5 Å². The maximum atomic E-state index is 11.2. The summed E-state index contributed by atoms with van der Waals surface area (Å²) in [6.07, 6.45) is 0. The predicted octanol–water partition coefficient (Wildman–Crippen LogP) is 2.31. The summed E-state index contributed by atoms with van der Waals surface area (Å²) in [4.78, 5) is 10.9. The van der Waals surface area contributed by atoms with Crippen molar-refractivity contribution in [2.45, 2.75) is 6.04 Å². The molecule has 8 heteroatoms. The second-order valence-corrected chi connectivity index (χ2v) is 5.14. The molecule has 0 fully saturated rings. The van der Waals surface area contributed by atoms with Crippen LogP contribution in [0.4, 0.5) is 0 Å². The van der Waals surface area contributed by atoms with Gasteiger partial charge >= 0.3 is 0 Å². The van der Waals surface area contributed by atoms with Crippen molar-refractivity contribution in [1.29, 1.82) is 0 Å². The van der Waals surface area contributed by atoms with Gasteiger partial charge in [-0.1, -0.05) is 29.5 Å². The van der Waals surface area contributed by atoms with E-state index in [4.69, 9.17) is 9.47 Å². The van der Waals surface area contributed by atoms with Gasteiger partial charge in [-0.15, -0.1) is 5.10 Å². The number of ether oxygens (including phenoxy) is 2. The first kappa shape index (κ1) is 15.7. The van der Waals surface area contributed by atoms with Gasteiger partial charge in [-0.25, -0.2) is 4.68 Å². The van der Waals surface area contributed by atoms with Crippen LogP contribution in [0, 0.1) is 10.1 Å². The molecule has 0 saturated carbocycles. The van der Waals surface area contributed by atoms with Crippen molar-refractivity contribution < 1.29 is 14.4 Å². The summed E-state index contributed by atoms with van der Waals surface area (Å²) in [7, 11) is 3.03. The third-order valence-electron chi connectivity index (χ3n) is 3.79. The van der Waals surface area contributed by atoms with E-state index < -0.39 is 6.04 Å². The van der Waals surface area contributed by atoms with Gasteiger partial charge in [-0.2, -0.15) is 0 Å². The summed E-state index contributed by atoms with van der Waals surface area (Å²) in [6.45, 7) is -0.350. The zero-order valence-electron chi connectivity index (χ0n) is 13.2. The van der Waals surface area contributed by atoms with Crippen LogP contribution in [0.1, 0.15) is 11.6 Å². The molecule has 3 rings (SSSR count). The number of rotatable bonds is 6. The number of fused-ring (bicyclic) bond motifs is 1. The first-order valence-corrected chi connectivity index (χ1v) is 7.28. The molecule has 0 radical (unpaired) electrons. The normalized spacial score (nSPS) is 12.1. The minimum atomic E-state index is -0.669. The molecule has 8 nitrogen and oxygen atoms in total. The lowest BCUT2D eigenvalue weighted by Crippen LogP contribution is -2.22. The molecule has 0 aliphatic heterocycles. The van der Waals surface area contributed by atoms with E-state index in [0.29, 0.717) is 28.1 Å². The molecule has 0 N–H and O–H groups in total. The van der Waals surface area contributed by atoms with Gasteiger partial charge in [0.05, 0.1) is 19.7 Å². The van der Waals surface area contributed by atoms with E-state index in [2.05, 4.69) is 10.3 Å². The fourth-order valence-corrected chi connectivity index (χ4v) is 2.74. The topological polar surface area (TPSA) is 92.3 Å². The first-order valence-electron chi connectivity index (χ1n) is 7.28. The molecule has 0 bridgehead atoms. The monoisotopic (exact) mass is 328 g/mol. The SMILES string of the molecule is COc1cccc([C@H](C[N+](=O)[O-])n2nnc3ccccc32)c1OC. The summed E-state index contributed by atoms with van der Waals surface area (Å²) in [6, 6.07) is 11.9. The van der Waals surface area contributed by atoms with E-state index in [1.54, 1.807) is 22.9 Å². The van der Waals surface area contributed by atoms with Gasteiger partial charge in [0.25, 0.3) is 0 Å². The molecule has 24 heavy (non-hydrogen) atoms. The predicted molar refractivity (Wildman–Crippen MR) is 87.1 cm³/mol. The van der Waals surface area contributed by atoms with E-state index in [9.17, 15) is 10.1 Å². The first-order chi connectivity index (χ1) is 11.7. The number of nitrogens with zero attached hydrogens (tertiary/aromatic N) is 4. The van der Waals surface area contributed by atoms with Gasteiger partial charge in [-0.3, -0.25) is 10.1 Å². The van der Waals surface area contributed by atoms with Crippen molar-refractivity contribution >= 4 is 11.0 Å². The summed E-state index contributed by atoms with van der Waals surface area (Å²) in [5, 5.41) is 19.5. The fraction of sp³-hybridized carbons (Fsp3) is 0.250. The molecule has 0 unspecified atom stereocenters. The molecule has 1 aromatic heterocycles. The van der Waals surface area contributed by atoms with Gasteiger partial charge in [0.2, 0.25) is 6.54 Å².